The molecule has 16 heavy (non-hydrogen) atoms. The van der Waals surface area contributed by atoms with Crippen LogP contribution in [0.1, 0.15) is 26.3 Å². The van der Waals surface area contributed by atoms with Crippen molar-refractivity contribution in [1.82, 2.24) is 14.8 Å². The first-order valence-corrected chi connectivity index (χ1v) is 5.21. The topological polar surface area (TPSA) is 50.7 Å². The van der Waals surface area contributed by atoms with Gasteiger partial charge >= 0.3 is 5.69 Å². The normalized spacial score (nSPS) is 11.7. The van der Waals surface area contributed by atoms with Crippen molar-refractivity contribution < 1.29 is 0 Å². The Morgan fingerprint density at radius 3 is 2.25 bits per heavy atom. The Morgan fingerprint density at radius 1 is 1.19 bits per heavy atom. The molecular formula is C12H15N3O. The van der Waals surface area contributed by atoms with E-state index in [0.29, 0.717) is 0 Å². The van der Waals surface area contributed by atoms with Crippen molar-refractivity contribution in [2.24, 2.45) is 0 Å². The fourth-order valence-corrected chi connectivity index (χ4v) is 1.55. The van der Waals surface area contributed by atoms with Gasteiger partial charge in [-0.1, -0.05) is 32.9 Å². The highest BCUT2D eigenvalue weighted by Gasteiger charge is 2.13. The first-order valence-electron chi connectivity index (χ1n) is 5.21. The maximum atomic E-state index is 11.3. The van der Waals surface area contributed by atoms with Crippen LogP contribution in [0.25, 0.3) is 5.69 Å². The lowest BCUT2D eigenvalue weighted by Gasteiger charge is -2.19. The molecule has 4 heteroatoms. The minimum absolute atomic E-state index is 0.125. The van der Waals surface area contributed by atoms with E-state index in [2.05, 4.69) is 31.0 Å². The molecule has 0 radical (unpaired) electrons. The largest absolute Gasteiger partial charge is 0.347 e. The maximum Gasteiger partial charge on any atom is 0.347 e. The van der Waals surface area contributed by atoms with E-state index in [4.69, 9.17) is 0 Å². The Kier molecular flexibility index (Phi) is 2.42. The lowest BCUT2D eigenvalue weighted by molar-refractivity contribution is 0.590. The number of rotatable bonds is 1. The summed E-state index contributed by atoms with van der Waals surface area (Å²) >= 11 is 0. The van der Waals surface area contributed by atoms with Crippen LogP contribution < -0.4 is 5.69 Å². The molecule has 0 saturated carbocycles. The molecule has 0 aliphatic carbocycles. The van der Waals surface area contributed by atoms with Gasteiger partial charge in [-0.15, -0.1) is 0 Å². The molecule has 0 bridgehead atoms. The second-order valence-electron chi connectivity index (χ2n) is 4.83. The molecule has 0 saturated heterocycles. The summed E-state index contributed by atoms with van der Waals surface area (Å²) in [7, 11) is 0. The molecule has 1 heterocycles. The van der Waals surface area contributed by atoms with Crippen molar-refractivity contribution in [3.8, 4) is 5.69 Å². The monoisotopic (exact) mass is 217 g/mol. The average Bonchev–Trinajstić information content (AvgIpc) is 2.63. The van der Waals surface area contributed by atoms with Crippen LogP contribution in [0.15, 0.2) is 35.4 Å². The standard InChI is InChI=1S/C12H15N3O/c1-12(2,3)9-4-6-10(7-5-9)15-8-13-14-11(15)16/h4-8H,1-3H3,(H,14,16). The number of nitrogens with zero attached hydrogens (tertiary/aromatic N) is 2. The molecule has 0 atom stereocenters. The number of nitrogens with one attached hydrogen (secondary N) is 1. The van der Waals surface area contributed by atoms with Crippen LogP contribution in [-0.2, 0) is 5.41 Å². The smallest absolute Gasteiger partial charge is 0.250 e. The Labute approximate surface area is 93.9 Å². The number of benzene rings is 1. The van der Waals surface area contributed by atoms with E-state index in [0.717, 1.165) is 5.69 Å². The van der Waals surface area contributed by atoms with Gasteiger partial charge < -0.3 is 0 Å². The molecule has 0 aliphatic heterocycles. The van der Waals surface area contributed by atoms with Crippen LogP contribution in [0.2, 0.25) is 0 Å². The zero-order valence-electron chi connectivity index (χ0n) is 9.69. The van der Waals surface area contributed by atoms with Crippen LogP contribution in [0.3, 0.4) is 0 Å². The summed E-state index contributed by atoms with van der Waals surface area (Å²) in [6.45, 7) is 6.48. The maximum absolute atomic E-state index is 11.3. The van der Waals surface area contributed by atoms with Crippen LogP contribution >= 0.6 is 0 Å². The van der Waals surface area contributed by atoms with Gasteiger partial charge in [-0.3, -0.25) is 0 Å². The van der Waals surface area contributed by atoms with Crippen molar-refractivity contribution >= 4 is 0 Å². The molecule has 0 fully saturated rings. The van der Waals surface area contributed by atoms with Gasteiger partial charge in [0.2, 0.25) is 0 Å². The highest BCUT2D eigenvalue weighted by atomic mass is 16.1. The number of hydrogen-bond acceptors (Lipinski definition) is 2. The fourth-order valence-electron chi connectivity index (χ4n) is 1.55. The van der Waals surface area contributed by atoms with Gasteiger partial charge in [0, 0.05) is 0 Å². The summed E-state index contributed by atoms with van der Waals surface area (Å²) < 4.78 is 1.48. The molecule has 4 nitrogen and oxygen atoms in total. The molecule has 0 spiro atoms. The van der Waals surface area contributed by atoms with Crippen molar-refractivity contribution in [2.75, 3.05) is 0 Å². The Morgan fingerprint density at radius 2 is 1.81 bits per heavy atom. The number of aromatic nitrogens is 3. The summed E-state index contributed by atoms with van der Waals surface area (Å²) in [5.41, 5.74) is 1.97. The summed E-state index contributed by atoms with van der Waals surface area (Å²) in [5, 5.41) is 6.06. The van der Waals surface area contributed by atoms with Crippen molar-refractivity contribution in [3.63, 3.8) is 0 Å². The molecular weight excluding hydrogens is 202 g/mol. The third kappa shape index (κ3) is 1.91. The van der Waals surface area contributed by atoms with Crippen molar-refractivity contribution in [3.05, 3.63) is 46.6 Å². The first-order chi connectivity index (χ1) is 7.48. The third-order valence-corrected chi connectivity index (χ3v) is 2.56. The Bertz CT molecular complexity index is 528. The van der Waals surface area contributed by atoms with Gasteiger partial charge in [0.1, 0.15) is 6.33 Å². The van der Waals surface area contributed by atoms with E-state index < -0.39 is 0 Å². The van der Waals surface area contributed by atoms with Gasteiger partial charge in [0.15, 0.2) is 0 Å². The summed E-state index contributed by atoms with van der Waals surface area (Å²) in [4.78, 5) is 11.3. The average molecular weight is 217 g/mol. The quantitative estimate of drug-likeness (QED) is 0.792. The first kappa shape index (κ1) is 10.7. The lowest BCUT2D eigenvalue weighted by Crippen LogP contribution is -2.15. The molecule has 84 valence electrons. The Hall–Kier alpha value is -1.84. The van der Waals surface area contributed by atoms with Gasteiger partial charge in [-0.2, -0.15) is 5.10 Å². The summed E-state index contributed by atoms with van der Waals surface area (Å²) in [5.74, 6) is 0. The molecule has 2 aromatic rings. The van der Waals surface area contributed by atoms with E-state index >= 15 is 0 Å². The molecule has 0 aliphatic rings. The number of hydrogen-bond donors (Lipinski definition) is 1. The highest BCUT2D eigenvalue weighted by Crippen LogP contribution is 2.22. The minimum atomic E-state index is -0.219. The van der Waals surface area contributed by atoms with Gasteiger partial charge in [-0.05, 0) is 23.1 Å². The SMILES string of the molecule is CC(C)(C)c1ccc(-n2cn[nH]c2=O)cc1. The minimum Gasteiger partial charge on any atom is -0.250 e. The second kappa shape index (κ2) is 3.63. The summed E-state index contributed by atoms with van der Waals surface area (Å²) in [6.07, 6.45) is 1.48. The fraction of sp³-hybridized carbons (Fsp3) is 0.333. The van der Waals surface area contributed by atoms with E-state index in [-0.39, 0.29) is 11.1 Å². The van der Waals surface area contributed by atoms with Crippen LogP contribution in [0.5, 0.6) is 0 Å². The number of aromatic amines is 1. The summed E-state index contributed by atoms with van der Waals surface area (Å²) in [6, 6.07) is 7.93. The van der Waals surface area contributed by atoms with E-state index in [1.807, 2.05) is 24.3 Å². The lowest BCUT2D eigenvalue weighted by atomic mass is 9.87. The van der Waals surface area contributed by atoms with E-state index in [1.165, 1.54) is 16.5 Å². The molecule has 1 N–H and O–H groups in total. The van der Waals surface area contributed by atoms with Crippen LogP contribution in [0.4, 0.5) is 0 Å². The molecule has 1 aromatic carbocycles. The predicted molar refractivity (Wildman–Crippen MR) is 62.9 cm³/mol. The predicted octanol–water partition coefficient (Wildman–Crippen LogP) is 1.86. The number of H-pyrrole nitrogens is 1. The van der Waals surface area contributed by atoms with E-state index in [9.17, 15) is 4.79 Å². The van der Waals surface area contributed by atoms with Crippen LogP contribution in [0, 0.1) is 0 Å². The highest BCUT2D eigenvalue weighted by molar-refractivity contribution is 5.36. The molecule has 2 rings (SSSR count). The zero-order chi connectivity index (χ0) is 11.8. The molecule has 1 aromatic heterocycles. The van der Waals surface area contributed by atoms with Gasteiger partial charge in [0.05, 0.1) is 5.69 Å². The van der Waals surface area contributed by atoms with Gasteiger partial charge in [0.25, 0.3) is 0 Å². The van der Waals surface area contributed by atoms with E-state index in [1.54, 1.807) is 0 Å². The van der Waals surface area contributed by atoms with Crippen molar-refractivity contribution in [1.29, 1.82) is 0 Å². The van der Waals surface area contributed by atoms with Crippen LogP contribution in [-0.4, -0.2) is 14.8 Å². The molecule has 0 unspecified atom stereocenters. The second-order valence-corrected chi connectivity index (χ2v) is 4.83. The van der Waals surface area contributed by atoms with Crippen molar-refractivity contribution in [2.45, 2.75) is 26.2 Å². The zero-order valence-corrected chi connectivity index (χ0v) is 9.69. The Balaban J connectivity index is 2.41. The van der Waals surface area contributed by atoms with Gasteiger partial charge in [-0.25, -0.2) is 14.5 Å². The third-order valence-electron chi connectivity index (χ3n) is 2.56. The molecule has 0 amide bonds.